The molecule has 1 heterocycles. The number of rotatable bonds is 14. The van der Waals surface area contributed by atoms with Crippen molar-refractivity contribution in [1.29, 1.82) is 0 Å². The number of hydrogen-bond donors (Lipinski definition) is 1. The monoisotopic (exact) mass is 708 g/mol. The highest BCUT2D eigenvalue weighted by Crippen LogP contribution is 2.54. The molecule has 0 saturated carbocycles. The van der Waals surface area contributed by atoms with Crippen LogP contribution in [0.1, 0.15) is 47.0 Å². The largest absolute Gasteiger partial charge is 0.469 e. The molecule has 1 N–H and O–H groups in total. The van der Waals surface area contributed by atoms with Crippen LogP contribution in [0.25, 0.3) is 0 Å². The average molecular weight is 709 g/mol. The fourth-order valence-electron chi connectivity index (χ4n) is 7.19. The highest BCUT2D eigenvalue weighted by atomic mass is 31.1. The van der Waals surface area contributed by atoms with Crippen LogP contribution in [0, 0.1) is 10.8 Å². The maximum absolute atomic E-state index is 14.2. The zero-order valence-electron chi connectivity index (χ0n) is 29.9. The average Bonchev–Trinajstić information content (AvgIpc) is 3.59. The zero-order valence-corrected chi connectivity index (χ0v) is 31.7. The van der Waals surface area contributed by atoms with E-state index in [1.165, 1.54) is 28.3 Å². The molecule has 50 heavy (non-hydrogen) atoms. The highest BCUT2D eigenvalue weighted by molar-refractivity contribution is 7.77. The Hall–Kier alpha value is -3.85. The van der Waals surface area contributed by atoms with Crippen LogP contribution in [-0.4, -0.2) is 60.7 Å². The number of nitrogens with one attached hydrogen (secondary N) is 1. The summed E-state index contributed by atoms with van der Waals surface area (Å²) < 4.78 is 5.10. The Morgan fingerprint density at radius 1 is 0.660 bits per heavy atom. The van der Waals surface area contributed by atoms with Gasteiger partial charge in [0.1, 0.15) is 0 Å². The molecule has 0 aromatic heterocycles. The number of hydrogen-bond acceptors (Lipinski definition) is 4. The van der Waals surface area contributed by atoms with Gasteiger partial charge in [0, 0.05) is 29.8 Å². The molecule has 1 aliphatic heterocycles. The minimum absolute atomic E-state index is 0.0809. The first-order valence-corrected chi connectivity index (χ1v) is 20.4. The number of carbonyl (C=O) groups is 3. The van der Waals surface area contributed by atoms with Crippen LogP contribution in [0.4, 0.5) is 0 Å². The normalized spacial score (nSPS) is 18.3. The quantitative estimate of drug-likeness (QED) is 0.123. The van der Waals surface area contributed by atoms with E-state index in [2.05, 4.69) is 127 Å². The number of esters is 1. The highest BCUT2D eigenvalue weighted by Gasteiger charge is 2.46. The lowest BCUT2D eigenvalue weighted by Gasteiger charge is -2.36. The Balaban J connectivity index is 1.48. The van der Waals surface area contributed by atoms with Crippen LogP contribution in [0.2, 0.25) is 0 Å². The van der Waals surface area contributed by atoms with Crippen LogP contribution >= 0.6 is 15.8 Å². The lowest BCUT2D eigenvalue weighted by Crippen LogP contribution is -2.47. The molecule has 6 nitrogen and oxygen atoms in total. The van der Waals surface area contributed by atoms with Crippen molar-refractivity contribution in [3.63, 3.8) is 0 Å². The topological polar surface area (TPSA) is 75.7 Å². The van der Waals surface area contributed by atoms with E-state index in [1.807, 2.05) is 32.6 Å². The fraction of sp³-hybridized carbons (Fsp3) is 0.357. The predicted molar refractivity (Wildman–Crippen MR) is 209 cm³/mol. The summed E-state index contributed by atoms with van der Waals surface area (Å²) in [7, 11) is -0.280. The van der Waals surface area contributed by atoms with Crippen molar-refractivity contribution in [2.45, 2.75) is 58.3 Å². The molecule has 8 heteroatoms. The minimum Gasteiger partial charge on any atom is -0.469 e. The van der Waals surface area contributed by atoms with E-state index in [0.717, 1.165) is 0 Å². The van der Waals surface area contributed by atoms with Gasteiger partial charge < -0.3 is 15.0 Å². The fourth-order valence-corrected chi connectivity index (χ4v) is 13.7. The predicted octanol–water partition coefficient (Wildman–Crippen LogP) is 6.34. The summed E-state index contributed by atoms with van der Waals surface area (Å²) in [5.74, 6) is -0.613. The number of ether oxygens (including phenoxy) is 1. The van der Waals surface area contributed by atoms with Gasteiger partial charge in [-0.2, -0.15) is 0 Å². The lowest BCUT2D eigenvalue weighted by atomic mass is 9.69. The molecule has 0 aliphatic carbocycles. The maximum atomic E-state index is 14.2. The van der Waals surface area contributed by atoms with Crippen molar-refractivity contribution >= 4 is 54.8 Å². The number of methoxy groups -OCH3 is 1. The smallest absolute Gasteiger partial charge is 0.311 e. The molecule has 262 valence electrons. The second-order valence-corrected chi connectivity index (χ2v) is 18.6. The van der Waals surface area contributed by atoms with Gasteiger partial charge in [-0.15, -0.1) is 0 Å². The van der Waals surface area contributed by atoms with Gasteiger partial charge in [0.25, 0.3) is 0 Å². The van der Waals surface area contributed by atoms with Gasteiger partial charge in [-0.25, -0.2) is 0 Å². The molecule has 2 amide bonds. The molecule has 5 rings (SSSR count). The Kier molecular flexibility index (Phi) is 12.6. The van der Waals surface area contributed by atoms with Crippen LogP contribution in [0.5, 0.6) is 0 Å². The van der Waals surface area contributed by atoms with Crippen LogP contribution < -0.4 is 26.5 Å². The Morgan fingerprint density at radius 2 is 1.02 bits per heavy atom. The van der Waals surface area contributed by atoms with Gasteiger partial charge in [0.15, 0.2) is 0 Å². The number of amides is 2. The Morgan fingerprint density at radius 3 is 1.34 bits per heavy atom. The summed E-state index contributed by atoms with van der Waals surface area (Å²) in [5, 5.41) is 8.19. The standard InChI is InChI=1S/C42H50N2O4P2/c1-6-41(3,31-42(4,7-2)40(47)48-5)39(46)43-28-38(45)44-29-36(49(32-20-12-8-13-21-32)33-22-14-9-15-23-33)37(30-44)50(34-24-16-10-17-25-34)35-26-18-11-19-27-35/h8-27,36-37H,6-7,28-31H2,1-5H3,(H,43,46). The molecule has 1 fully saturated rings. The number of benzene rings is 4. The van der Waals surface area contributed by atoms with Gasteiger partial charge in [-0.1, -0.05) is 142 Å². The lowest BCUT2D eigenvalue weighted by molar-refractivity contribution is -0.155. The second kappa shape index (κ2) is 16.9. The van der Waals surface area contributed by atoms with Crippen molar-refractivity contribution < 1.29 is 19.1 Å². The number of nitrogens with zero attached hydrogens (tertiary/aromatic N) is 1. The van der Waals surface area contributed by atoms with Crippen LogP contribution in [0.15, 0.2) is 121 Å². The van der Waals surface area contributed by atoms with Crippen molar-refractivity contribution in [2.24, 2.45) is 10.8 Å². The first-order valence-electron chi connectivity index (χ1n) is 17.6. The third-order valence-electron chi connectivity index (χ3n) is 10.4. The van der Waals surface area contributed by atoms with Gasteiger partial charge in [-0.05, 0) is 63.2 Å². The Bertz CT molecular complexity index is 1540. The molecule has 0 bridgehead atoms. The SMILES string of the molecule is CCC(C)(CC(C)(CC)C(=O)OC)C(=O)NCC(=O)N1CC(P(c2ccccc2)c2ccccc2)C(P(c2ccccc2)c2ccccc2)C1. The third kappa shape index (κ3) is 8.36. The summed E-state index contributed by atoms with van der Waals surface area (Å²) in [5.41, 5.74) is -1.26. The molecule has 4 aromatic carbocycles. The summed E-state index contributed by atoms with van der Waals surface area (Å²) in [6.45, 7) is 8.75. The third-order valence-corrected chi connectivity index (χ3v) is 16.4. The second-order valence-electron chi connectivity index (χ2n) is 13.7. The van der Waals surface area contributed by atoms with Crippen LogP contribution in [-0.2, 0) is 19.1 Å². The molecule has 4 aromatic rings. The Labute approximate surface area is 300 Å². The summed E-state index contributed by atoms with van der Waals surface area (Å²) in [6.07, 6.45) is 1.42. The van der Waals surface area contributed by atoms with Gasteiger partial charge in [0.2, 0.25) is 11.8 Å². The first kappa shape index (κ1) is 37.4. The van der Waals surface area contributed by atoms with Crippen molar-refractivity contribution in [3.05, 3.63) is 121 Å². The molecular formula is C42H50N2O4P2. The zero-order chi connectivity index (χ0) is 35.7. The summed E-state index contributed by atoms with van der Waals surface area (Å²) in [6, 6.07) is 43.0. The molecule has 1 saturated heterocycles. The summed E-state index contributed by atoms with van der Waals surface area (Å²) >= 11 is 0. The van der Waals surface area contributed by atoms with E-state index in [1.54, 1.807) is 0 Å². The van der Waals surface area contributed by atoms with Gasteiger partial charge >= 0.3 is 5.97 Å². The van der Waals surface area contributed by atoms with Crippen molar-refractivity contribution in [3.8, 4) is 0 Å². The number of likely N-dealkylation sites (tertiary alicyclic amines) is 1. The van der Waals surface area contributed by atoms with E-state index in [4.69, 9.17) is 4.74 Å². The molecule has 0 radical (unpaired) electrons. The van der Waals surface area contributed by atoms with E-state index in [9.17, 15) is 14.4 Å². The van der Waals surface area contributed by atoms with E-state index < -0.39 is 26.7 Å². The van der Waals surface area contributed by atoms with Crippen LogP contribution in [0.3, 0.4) is 0 Å². The molecule has 0 spiro atoms. The minimum atomic E-state index is -0.834. The van der Waals surface area contributed by atoms with E-state index in [0.29, 0.717) is 32.4 Å². The first-order chi connectivity index (χ1) is 24.1. The van der Waals surface area contributed by atoms with Crippen molar-refractivity contribution in [2.75, 3.05) is 26.7 Å². The maximum Gasteiger partial charge on any atom is 0.311 e. The van der Waals surface area contributed by atoms with E-state index >= 15 is 0 Å². The number of carbonyl (C=O) groups excluding carboxylic acids is 3. The van der Waals surface area contributed by atoms with E-state index in [-0.39, 0.29) is 35.6 Å². The molecule has 1 aliphatic rings. The molecule has 4 atom stereocenters. The summed E-state index contributed by atoms with van der Waals surface area (Å²) in [4.78, 5) is 42.7. The van der Waals surface area contributed by atoms with Crippen molar-refractivity contribution in [1.82, 2.24) is 10.2 Å². The van der Waals surface area contributed by atoms with Gasteiger partial charge in [-0.3, -0.25) is 14.4 Å². The molecule has 4 unspecified atom stereocenters. The van der Waals surface area contributed by atoms with Gasteiger partial charge in [0.05, 0.1) is 19.1 Å². The molecular weight excluding hydrogens is 658 g/mol.